The fraction of sp³-hybridized carbons (Fsp3) is 0.412. The van der Waals surface area contributed by atoms with Gasteiger partial charge < -0.3 is 14.4 Å². The number of hydrogen-bond donors (Lipinski definition) is 0. The molecule has 0 aliphatic heterocycles. The maximum Gasteiger partial charge on any atom is 0.416 e. The van der Waals surface area contributed by atoms with E-state index in [0.29, 0.717) is 0 Å². The third kappa shape index (κ3) is 5.81. The summed E-state index contributed by atoms with van der Waals surface area (Å²) in [6, 6.07) is 4.58. The highest BCUT2D eigenvalue weighted by atomic mass is 19.4. The predicted octanol–water partition coefficient (Wildman–Crippen LogP) is 3.54. The number of carbonyl (C=O) groups excluding carboxylic acids is 2. The molecule has 1 aromatic rings. The third-order valence-electron chi connectivity index (χ3n) is 3.12. The topological polar surface area (TPSA) is 55.8 Å². The number of halogens is 3. The fourth-order valence-electron chi connectivity index (χ4n) is 1.97. The zero-order chi connectivity index (χ0) is 19.0. The molecule has 0 aliphatic rings. The number of nitrogens with zero attached hydrogens (tertiary/aromatic N) is 1. The van der Waals surface area contributed by atoms with E-state index >= 15 is 0 Å². The first-order valence-corrected chi connectivity index (χ1v) is 7.74. The first kappa shape index (κ1) is 20.5. The second kappa shape index (κ2) is 9.10. The van der Waals surface area contributed by atoms with Gasteiger partial charge >= 0.3 is 18.1 Å². The molecule has 25 heavy (non-hydrogen) atoms. The molecule has 1 rings (SSSR count). The van der Waals surface area contributed by atoms with Crippen LogP contribution < -0.4 is 4.90 Å². The van der Waals surface area contributed by atoms with Gasteiger partial charge in [0.15, 0.2) is 5.57 Å². The van der Waals surface area contributed by atoms with Crippen molar-refractivity contribution in [3.8, 4) is 0 Å². The first-order chi connectivity index (χ1) is 11.7. The van der Waals surface area contributed by atoms with Crippen LogP contribution in [-0.4, -0.2) is 31.7 Å². The lowest BCUT2D eigenvalue weighted by Crippen LogP contribution is -2.24. The Balaban J connectivity index is 3.27. The summed E-state index contributed by atoms with van der Waals surface area (Å²) >= 11 is 0. The Morgan fingerprint density at radius 2 is 1.64 bits per heavy atom. The van der Waals surface area contributed by atoms with Crippen LogP contribution in [0.5, 0.6) is 0 Å². The Labute approximate surface area is 144 Å². The number of hydrogen-bond acceptors (Lipinski definition) is 5. The van der Waals surface area contributed by atoms with Crippen molar-refractivity contribution in [1.29, 1.82) is 0 Å². The molecular weight excluding hydrogens is 339 g/mol. The lowest BCUT2D eigenvalue weighted by molar-refractivity contribution is -0.146. The molecule has 1 aromatic carbocycles. The van der Waals surface area contributed by atoms with Crippen LogP contribution in [0.4, 0.5) is 18.9 Å². The minimum absolute atomic E-state index is 0.0469. The smallest absolute Gasteiger partial charge is 0.416 e. The summed E-state index contributed by atoms with van der Waals surface area (Å²) < 4.78 is 48.3. The van der Waals surface area contributed by atoms with Crippen molar-refractivity contribution in [2.45, 2.75) is 26.9 Å². The highest BCUT2D eigenvalue weighted by molar-refractivity contribution is 6.14. The molecular formula is C17H20F3NO4. The van der Waals surface area contributed by atoms with Crippen LogP contribution in [0.25, 0.3) is 0 Å². The van der Waals surface area contributed by atoms with Gasteiger partial charge in [0.2, 0.25) is 0 Å². The van der Waals surface area contributed by atoms with E-state index in [-0.39, 0.29) is 31.0 Å². The van der Waals surface area contributed by atoms with Gasteiger partial charge in [-0.3, -0.25) is 0 Å². The van der Waals surface area contributed by atoms with E-state index in [9.17, 15) is 22.8 Å². The first-order valence-electron chi connectivity index (χ1n) is 7.74. The van der Waals surface area contributed by atoms with Gasteiger partial charge in [0.25, 0.3) is 0 Å². The number of ether oxygens (including phenoxy) is 2. The zero-order valence-corrected chi connectivity index (χ0v) is 14.2. The Bertz CT molecular complexity index is 621. The van der Waals surface area contributed by atoms with Crippen molar-refractivity contribution >= 4 is 17.6 Å². The Hall–Kier alpha value is -2.51. The van der Waals surface area contributed by atoms with Crippen molar-refractivity contribution < 1.29 is 32.2 Å². The minimum Gasteiger partial charge on any atom is -0.462 e. The molecule has 0 heterocycles. The molecule has 8 heteroatoms. The van der Waals surface area contributed by atoms with E-state index < -0.39 is 23.7 Å². The lowest BCUT2D eigenvalue weighted by atomic mass is 10.1. The van der Waals surface area contributed by atoms with Gasteiger partial charge in [-0.05, 0) is 39.0 Å². The van der Waals surface area contributed by atoms with E-state index in [1.807, 2.05) is 0 Å². The summed E-state index contributed by atoms with van der Waals surface area (Å²) in [5.74, 6) is -1.79. The second-order valence-electron chi connectivity index (χ2n) is 4.82. The largest absolute Gasteiger partial charge is 0.462 e. The van der Waals surface area contributed by atoms with Gasteiger partial charge in [-0.2, -0.15) is 13.2 Å². The maximum atomic E-state index is 12.9. The maximum absolute atomic E-state index is 12.9. The normalized spacial score (nSPS) is 10.8. The number of rotatable bonds is 7. The van der Waals surface area contributed by atoms with Gasteiger partial charge in [0.05, 0.1) is 18.8 Å². The van der Waals surface area contributed by atoms with Crippen LogP contribution in [0.2, 0.25) is 0 Å². The van der Waals surface area contributed by atoms with E-state index in [1.165, 1.54) is 17.0 Å². The molecule has 0 aliphatic carbocycles. The Morgan fingerprint density at radius 3 is 2.08 bits per heavy atom. The van der Waals surface area contributed by atoms with Crippen molar-refractivity contribution in [2.75, 3.05) is 24.7 Å². The number of esters is 2. The van der Waals surface area contributed by atoms with Gasteiger partial charge in [-0.1, -0.05) is 6.07 Å². The molecule has 0 atom stereocenters. The summed E-state index contributed by atoms with van der Waals surface area (Å²) in [5.41, 5.74) is -1.03. The van der Waals surface area contributed by atoms with Crippen molar-refractivity contribution in [3.05, 3.63) is 41.6 Å². The molecule has 0 saturated heterocycles. The molecule has 0 bridgehead atoms. The Kier molecular flexibility index (Phi) is 7.47. The number of anilines is 1. The molecule has 0 fully saturated rings. The predicted molar refractivity (Wildman–Crippen MR) is 85.8 cm³/mol. The van der Waals surface area contributed by atoms with Crippen LogP contribution >= 0.6 is 0 Å². The summed E-state index contributed by atoms with van der Waals surface area (Å²) in [7, 11) is 0. The van der Waals surface area contributed by atoms with E-state index in [4.69, 9.17) is 9.47 Å². The molecule has 5 nitrogen and oxygen atoms in total. The van der Waals surface area contributed by atoms with Crippen LogP contribution in [-0.2, 0) is 25.2 Å². The van der Waals surface area contributed by atoms with E-state index in [0.717, 1.165) is 18.3 Å². The van der Waals surface area contributed by atoms with Gasteiger partial charge in [0.1, 0.15) is 0 Å². The van der Waals surface area contributed by atoms with Crippen molar-refractivity contribution in [1.82, 2.24) is 0 Å². The molecule has 0 amide bonds. The van der Waals surface area contributed by atoms with Crippen LogP contribution in [0, 0.1) is 0 Å². The summed E-state index contributed by atoms with van der Waals surface area (Å²) in [4.78, 5) is 25.3. The summed E-state index contributed by atoms with van der Waals surface area (Å²) in [6.45, 7) is 5.14. The zero-order valence-electron chi connectivity index (χ0n) is 14.2. The third-order valence-corrected chi connectivity index (χ3v) is 3.12. The van der Waals surface area contributed by atoms with E-state index in [1.54, 1.807) is 20.8 Å². The molecule has 0 spiro atoms. The monoisotopic (exact) mass is 359 g/mol. The summed E-state index contributed by atoms with van der Waals surface area (Å²) in [5, 5.41) is 0. The Morgan fingerprint density at radius 1 is 1.08 bits per heavy atom. The molecule has 0 aromatic heterocycles. The average Bonchev–Trinajstić information content (AvgIpc) is 2.55. The highest BCUT2D eigenvalue weighted by Crippen LogP contribution is 2.31. The number of alkyl halides is 3. The molecule has 0 saturated carbocycles. The number of benzene rings is 1. The highest BCUT2D eigenvalue weighted by Gasteiger charge is 2.31. The van der Waals surface area contributed by atoms with Crippen LogP contribution in [0.15, 0.2) is 36.0 Å². The van der Waals surface area contributed by atoms with Crippen molar-refractivity contribution in [3.63, 3.8) is 0 Å². The van der Waals surface area contributed by atoms with Crippen LogP contribution in [0.3, 0.4) is 0 Å². The minimum atomic E-state index is -4.50. The lowest BCUT2D eigenvalue weighted by Gasteiger charge is -2.21. The number of carbonyl (C=O) groups is 2. The van der Waals surface area contributed by atoms with E-state index in [2.05, 4.69) is 0 Å². The molecule has 0 radical (unpaired) electrons. The molecule has 0 unspecified atom stereocenters. The fourth-order valence-corrected chi connectivity index (χ4v) is 1.97. The summed E-state index contributed by atoms with van der Waals surface area (Å²) in [6.07, 6.45) is -3.35. The molecule has 138 valence electrons. The van der Waals surface area contributed by atoms with Gasteiger partial charge in [0, 0.05) is 18.4 Å². The quantitative estimate of drug-likeness (QED) is 0.323. The van der Waals surface area contributed by atoms with Crippen LogP contribution in [0.1, 0.15) is 26.3 Å². The molecule has 0 N–H and O–H groups in total. The van der Waals surface area contributed by atoms with Gasteiger partial charge in [-0.25, -0.2) is 9.59 Å². The van der Waals surface area contributed by atoms with Crippen molar-refractivity contribution in [2.24, 2.45) is 0 Å². The standard InChI is InChI=1S/C17H20F3NO4/c1-4-21(13-9-7-8-12(10-13)17(18,19)20)11-14(15(22)24-5-2)16(23)25-6-3/h7-11H,4-6H2,1-3H3. The average molecular weight is 359 g/mol. The van der Waals surface area contributed by atoms with Gasteiger partial charge in [-0.15, -0.1) is 0 Å². The second-order valence-corrected chi connectivity index (χ2v) is 4.82. The SMILES string of the molecule is CCOC(=O)C(=CN(CC)c1cccc(C(F)(F)F)c1)C(=O)OCC.